The van der Waals surface area contributed by atoms with E-state index in [1.54, 1.807) is 18.0 Å². The molecule has 1 rings (SSSR count). The largest absolute Gasteiger partial charge is 0.481 e. The van der Waals surface area contributed by atoms with E-state index in [2.05, 4.69) is 0 Å². The molecule has 1 heterocycles. The molecule has 0 bridgehead atoms. The average Bonchev–Trinajstić information content (AvgIpc) is 2.79. The first-order valence-electron chi connectivity index (χ1n) is 5.35. The van der Waals surface area contributed by atoms with Gasteiger partial charge in [0.15, 0.2) is 6.10 Å². The zero-order chi connectivity index (χ0) is 14.8. The number of aliphatic hydroxyl groups is 1. The number of carboxylic acid groups (broad SMARTS) is 2. The summed E-state index contributed by atoms with van der Waals surface area (Å²) >= 11 is 1.67. The zero-order valence-electron chi connectivity index (χ0n) is 10.4. The van der Waals surface area contributed by atoms with Crippen LogP contribution in [0, 0.1) is 0 Å². The molecule has 108 valence electrons. The van der Waals surface area contributed by atoms with Gasteiger partial charge < -0.3 is 25.5 Å². The summed E-state index contributed by atoms with van der Waals surface area (Å²) in [6.45, 7) is 1.97. The Kier molecular flexibility index (Phi) is 8.68. The van der Waals surface area contributed by atoms with Crippen LogP contribution in [-0.4, -0.2) is 38.7 Å². The van der Waals surface area contributed by atoms with Crippen LogP contribution in [0.5, 0.6) is 0 Å². The predicted octanol–water partition coefficient (Wildman–Crippen LogP) is 0.724. The molecule has 0 spiro atoms. The lowest BCUT2D eigenvalue weighted by Crippen LogP contribution is -2.22. The molecule has 0 aliphatic heterocycles. The number of hydrogen-bond donors (Lipinski definition) is 4. The second-order valence-corrected chi connectivity index (χ2v) is 4.91. The number of thioether (sulfide) groups is 1. The molecule has 0 aromatic carbocycles. The van der Waals surface area contributed by atoms with Gasteiger partial charge in [0.05, 0.1) is 18.4 Å². The van der Waals surface area contributed by atoms with Gasteiger partial charge in [-0.25, -0.2) is 4.79 Å². The van der Waals surface area contributed by atoms with E-state index in [9.17, 15) is 9.59 Å². The summed E-state index contributed by atoms with van der Waals surface area (Å²) in [5, 5.41) is 24.3. The summed E-state index contributed by atoms with van der Waals surface area (Å²) in [6.07, 6.45) is -0.866. The van der Waals surface area contributed by atoms with Gasteiger partial charge in [0.25, 0.3) is 0 Å². The maximum absolute atomic E-state index is 9.72. The van der Waals surface area contributed by atoms with Crippen LogP contribution in [0.1, 0.15) is 19.1 Å². The maximum atomic E-state index is 9.72. The average molecular weight is 291 g/mol. The van der Waals surface area contributed by atoms with Gasteiger partial charge in [-0.3, -0.25) is 4.79 Å². The second-order valence-electron chi connectivity index (χ2n) is 3.55. The van der Waals surface area contributed by atoms with Crippen LogP contribution in [0.2, 0.25) is 0 Å². The Morgan fingerprint density at radius 1 is 1.47 bits per heavy atom. The van der Waals surface area contributed by atoms with Crippen LogP contribution in [0.15, 0.2) is 22.8 Å². The van der Waals surface area contributed by atoms with E-state index in [1.807, 2.05) is 19.1 Å². The van der Waals surface area contributed by atoms with Crippen molar-refractivity contribution in [3.8, 4) is 0 Å². The summed E-state index contributed by atoms with van der Waals surface area (Å²) < 4.78 is 5.11. The molecule has 2 unspecified atom stereocenters. The number of hydrogen-bond acceptors (Lipinski definition) is 6. The summed E-state index contributed by atoms with van der Waals surface area (Å²) in [7, 11) is 0. The highest BCUT2D eigenvalue weighted by Gasteiger charge is 2.16. The van der Waals surface area contributed by atoms with Crippen molar-refractivity contribution in [1.82, 2.24) is 0 Å². The molecular weight excluding hydrogens is 274 g/mol. The molecule has 7 nitrogen and oxygen atoms in total. The monoisotopic (exact) mass is 291 g/mol. The molecular formula is C11H17NO6S. The Morgan fingerprint density at radius 3 is 2.42 bits per heavy atom. The first-order valence-corrected chi connectivity index (χ1v) is 6.40. The second kappa shape index (κ2) is 9.42. The normalized spacial score (nSPS) is 13.0. The van der Waals surface area contributed by atoms with Crippen molar-refractivity contribution in [3.05, 3.63) is 24.2 Å². The smallest absolute Gasteiger partial charge is 0.333 e. The van der Waals surface area contributed by atoms with Crippen molar-refractivity contribution in [2.24, 2.45) is 5.73 Å². The molecule has 0 saturated carbocycles. The Balaban J connectivity index is 0.000000344. The summed E-state index contributed by atoms with van der Waals surface area (Å²) in [6, 6.07) is 3.84. The fraction of sp³-hybridized carbons (Fsp3) is 0.455. The van der Waals surface area contributed by atoms with Crippen molar-refractivity contribution >= 4 is 23.7 Å². The Morgan fingerprint density at radius 2 is 2.11 bits per heavy atom. The molecule has 0 fully saturated rings. The van der Waals surface area contributed by atoms with Crippen LogP contribution >= 0.6 is 11.8 Å². The Hall–Kier alpha value is -1.51. The van der Waals surface area contributed by atoms with Gasteiger partial charge in [0.1, 0.15) is 5.76 Å². The molecule has 0 radical (unpaired) electrons. The van der Waals surface area contributed by atoms with Gasteiger partial charge in [-0.1, -0.05) is 0 Å². The van der Waals surface area contributed by atoms with E-state index in [1.165, 1.54) is 0 Å². The van der Waals surface area contributed by atoms with E-state index < -0.39 is 24.5 Å². The first-order chi connectivity index (χ1) is 8.82. The van der Waals surface area contributed by atoms with Crippen LogP contribution < -0.4 is 5.73 Å². The lowest BCUT2D eigenvalue weighted by molar-refractivity contribution is -0.152. The van der Waals surface area contributed by atoms with Gasteiger partial charge in [0.2, 0.25) is 0 Å². The Labute approximate surface area is 114 Å². The van der Waals surface area contributed by atoms with Gasteiger partial charge in [-0.05, 0) is 19.1 Å². The number of nitrogens with two attached hydrogens (primary N) is 1. The van der Waals surface area contributed by atoms with Gasteiger partial charge in [-0.15, -0.1) is 11.8 Å². The minimum atomic E-state index is -1.79. The third kappa shape index (κ3) is 10.1. The van der Waals surface area contributed by atoms with Gasteiger partial charge in [0, 0.05) is 5.37 Å². The molecule has 0 aliphatic carbocycles. The van der Waals surface area contributed by atoms with Gasteiger partial charge >= 0.3 is 11.9 Å². The highest BCUT2D eigenvalue weighted by molar-refractivity contribution is 7.99. The highest BCUT2D eigenvalue weighted by Crippen LogP contribution is 2.14. The van der Waals surface area contributed by atoms with E-state index in [-0.39, 0.29) is 5.37 Å². The van der Waals surface area contributed by atoms with Crippen molar-refractivity contribution in [1.29, 1.82) is 0 Å². The molecule has 8 heteroatoms. The number of carbonyl (C=O) groups is 2. The van der Waals surface area contributed by atoms with Gasteiger partial charge in [-0.2, -0.15) is 0 Å². The minimum absolute atomic E-state index is 0.185. The SMILES string of the molecule is CC(N)SCc1ccco1.O=C(O)CC(O)C(=O)O. The maximum Gasteiger partial charge on any atom is 0.333 e. The van der Waals surface area contributed by atoms with Crippen LogP contribution in [-0.2, 0) is 15.3 Å². The zero-order valence-corrected chi connectivity index (χ0v) is 11.2. The first kappa shape index (κ1) is 17.5. The fourth-order valence-electron chi connectivity index (χ4n) is 0.861. The third-order valence-electron chi connectivity index (χ3n) is 1.72. The molecule has 19 heavy (non-hydrogen) atoms. The van der Waals surface area contributed by atoms with E-state index >= 15 is 0 Å². The lowest BCUT2D eigenvalue weighted by Gasteiger charge is -2.00. The van der Waals surface area contributed by atoms with E-state index in [0.29, 0.717) is 0 Å². The minimum Gasteiger partial charge on any atom is -0.481 e. The predicted molar refractivity (Wildman–Crippen MR) is 69.5 cm³/mol. The Bertz CT molecular complexity index is 379. The van der Waals surface area contributed by atoms with Crippen molar-refractivity contribution in [2.45, 2.75) is 30.6 Å². The third-order valence-corrected chi connectivity index (χ3v) is 2.70. The van der Waals surface area contributed by atoms with Crippen molar-refractivity contribution in [2.75, 3.05) is 0 Å². The summed E-state index contributed by atoms with van der Waals surface area (Å²) in [5.41, 5.74) is 5.53. The molecule has 0 amide bonds. The van der Waals surface area contributed by atoms with Crippen LogP contribution in [0.4, 0.5) is 0 Å². The van der Waals surface area contributed by atoms with E-state index in [0.717, 1.165) is 11.5 Å². The quantitative estimate of drug-likeness (QED) is 0.563. The van der Waals surface area contributed by atoms with Crippen molar-refractivity contribution < 1.29 is 29.3 Å². The molecule has 2 atom stereocenters. The molecule has 1 aromatic rings. The molecule has 5 N–H and O–H groups in total. The molecule has 1 aromatic heterocycles. The number of carboxylic acids is 2. The summed E-state index contributed by atoms with van der Waals surface area (Å²) in [4.78, 5) is 19.4. The summed E-state index contributed by atoms with van der Waals surface area (Å²) in [5.74, 6) is -0.991. The fourth-order valence-corrected chi connectivity index (χ4v) is 1.45. The van der Waals surface area contributed by atoms with Crippen LogP contribution in [0.25, 0.3) is 0 Å². The number of furan rings is 1. The highest BCUT2D eigenvalue weighted by atomic mass is 32.2. The lowest BCUT2D eigenvalue weighted by atomic mass is 10.3. The van der Waals surface area contributed by atoms with Crippen LogP contribution in [0.3, 0.4) is 0 Å². The van der Waals surface area contributed by atoms with E-state index in [4.69, 9.17) is 25.5 Å². The molecule has 0 aliphatic rings. The standard InChI is InChI=1S/C7H11NOS.C4H6O5/c1-6(8)10-5-7-3-2-4-9-7;5-2(4(8)9)1-3(6)7/h2-4,6H,5,8H2,1H3;2,5H,1H2,(H,6,7)(H,8,9). The topological polar surface area (TPSA) is 134 Å². The number of aliphatic carboxylic acids is 2. The number of rotatable bonds is 6. The molecule has 0 saturated heterocycles. The number of aliphatic hydroxyl groups excluding tert-OH is 1. The van der Waals surface area contributed by atoms with Crippen molar-refractivity contribution in [3.63, 3.8) is 0 Å².